The molecule has 0 aliphatic rings. The van der Waals surface area contributed by atoms with Crippen LogP contribution in [-0.4, -0.2) is 41.9 Å². The first-order valence-electron chi connectivity index (χ1n) is 5.56. The minimum Gasteiger partial charge on any atom is -0.389 e. The molecule has 0 fully saturated rings. The second-order valence-corrected chi connectivity index (χ2v) is 4.94. The van der Waals surface area contributed by atoms with Gasteiger partial charge in [-0.2, -0.15) is 0 Å². The maximum Gasteiger partial charge on any atom is 0.219 e. The Hall–Kier alpha value is -0.650. The second kappa shape index (κ2) is 6.83. The van der Waals surface area contributed by atoms with Crippen LogP contribution in [0.15, 0.2) is 0 Å². The summed E-state index contributed by atoms with van der Waals surface area (Å²) >= 11 is 0. The Morgan fingerprint density at radius 1 is 1.50 bits per heavy atom. The lowest BCUT2D eigenvalue weighted by Crippen LogP contribution is -2.46. The fraction of sp³-hybridized carbons (Fsp3) is 0.909. The van der Waals surface area contributed by atoms with E-state index in [1.54, 1.807) is 0 Å². The van der Waals surface area contributed by atoms with Crippen LogP contribution in [0.5, 0.6) is 0 Å². The highest BCUT2D eigenvalue weighted by atomic mass is 16.5. The Labute approximate surface area is 97.3 Å². The molecule has 0 rings (SSSR count). The normalized spacial score (nSPS) is 14.1. The van der Waals surface area contributed by atoms with Crippen molar-refractivity contribution < 1.29 is 14.6 Å². The van der Waals surface area contributed by atoms with Crippen LogP contribution in [0.25, 0.3) is 0 Å². The maximum atomic E-state index is 10.8. The molecule has 16 heavy (non-hydrogen) atoms. The predicted octanol–water partition coefficient (Wildman–Crippen LogP) is 0.0159. The van der Waals surface area contributed by atoms with Gasteiger partial charge in [-0.3, -0.25) is 4.79 Å². The number of aliphatic hydroxyl groups excluding tert-OH is 1. The van der Waals surface area contributed by atoms with Gasteiger partial charge in [-0.15, -0.1) is 0 Å². The van der Waals surface area contributed by atoms with Crippen molar-refractivity contribution in [1.29, 1.82) is 0 Å². The highest BCUT2D eigenvalue weighted by Crippen LogP contribution is 2.07. The van der Waals surface area contributed by atoms with Crippen LogP contribution < -0.4 is 11.1 Å². The molecule has 0 aliphatic carbocycles. The Morgan fingerprint density at radius 3 is 2.50 bits per heavy atom. The van der Waals surface area contributed by atoms with Crippen molar-refractivity contribution >= 4 is 5.91 Å². The largest absolute Gasteiger partial charge is 0.389 e. The molecule has 0 aromatic heterocycles. The van der Waals surface area contributed by atoms with Crippen molar-refractivity contribution in [1.82, 2.24) is 5.32 Å². The number of hydrogen-bond acceptors (Lipinski definition) is 4. The lowest BCUT2D eigenvalue weighted by molar-refractivity contribution is -0.119. The topological polar surface area (TPSA) is 84.6 Å². The first kappa shape index (κ1) is 15.3. The van der Waals surface area contributed by atoms with E-state index in [2.05, 4.69) is 5.32 Å². The van der Waals surface area contributed by atoms with Crippen molar-refractivity contribution in [3.63, 3.8) is 0 Å². The highest BCUT2D eigenvalue weighted by Gasteiger charge is 2.21. The second-order valence-electron chi connectivity index (χ2n) is 4.94. The number of amides is 1. The molecule has 0 aromatic carbocycles. The molecule has 1 amide bonds. The van der Waals surface area contributed by atoms with Gasteiger partial charge in [-0.05, 0) is 27.7 Å². The van der Waals surface area contributed by atoms with E-state index in [-0.39, 0.29) is 25.0 Å². The molecule has 1 atom stereocenters. The number of aliphatic hydroxyl groups is 1. The summed E-state index contributed by atoms with van der Waals surface area (Å²) in [5.41, 5.74) is 4.72. The molecule has 0 radical (unpaired) electrons. The van der Waals surface area contributed by atoms with Crippen LogP contribution in [0.3, 0.4) is 0 Å². The molecule has 0 saturated heterocycles. The van der Waals surface area contributed by atoms with Gasteiger partial charge in [0.15, 0.2) is 0 Å². The Bertz CT molecular complexity index is 217. The number of nitrogens with one attached hydrogen (secondary N) is 1. The lowest BCUT2D eigenvalue weighted by Gasteiger charge is -2.26. The number of carbonyl (C=O) groups excluding carboxylic acids is 1. The summed E-state index contributed by atoms with van der Waals surface area (Å²) in [5, 5.41) is 12.7. The summed E-state index contributed by atoms with van der Waals surface area (Å²) in [7, 11) is 0. The molecular formula is C11H24N2O3. The van der Waals surface area contributed by atoms with Crippen molar-refractivity contribution in [3.05, 3.63) is 0 Å². The van der Waals surface area contributed by atoms with E-state index in [4.69, 9.17) is 10.5 Å². The van der Waals surface area contributed by atoms with Gasteiger partial charge < -0.3 is 20.9 Å². The maximum absolute atomic E-state index is 10.8. The monoisotopic (exact) mass is 232 g/mol. The number of primary amides is 1. The standard InChI is InChI=1S/C11H24N2O3/c1-8(2)16-7-9(14)6-13-11(3,4)5-10(12)15/h8-9,13-14H,5-7H2,1-4H3,(H2,12,15). The van der Waals surface area contributed by atoms with Gasteiger partial charge >= 0.3 is 0 Å². The zero-order chi connectivity index (χ0) is 12.8. The molecule has 0 spiro atoms. The molecular weight excluding hydrogens is 208 g/mol. The SMILES string of the molecule is CC(C)OCC(O)CNC(C)(C)CC(N)=O. The van der Waals surface area contributed by atoms with Gasteiger partial charge in [0.1, 0.15) is 0 Å². The van der Waals surface area contributed by atoms with Gasteiger partial charge in [-0.25, -0.2) is 0 Å². The Morgan fingerprint density at radius 2 is 2.06 bits per heavy atom. The average molecular weight is 232 g/mol. The summed E-state index contributed by atoms with van der Waals surface area (Å²) in [6.07, 6.45) is -0.229. The molecule has 0 bridgehead atoms. The first-order valence-corrected chi connectivity index (χ1v) is 5.56. The molecule has 0 saturated carbocycles. The van der Waals surface area contributed by atoms with Crippen LogP contribution in [0.1, 0.15) is 34.1 Å². The van der Waals surface area contributed by atoms with Gasteiger partial charge in [0.25, 0.3) is 0 Å². The van der Waals surface area contributed by atoms with Crippen LogP contribution in [0, 0.1) is 0 Å². The fourth-order valence-corrected chi connectivity index (χ4v) is 1.25. The molecule has 0 heterocycles. The third kappa shape index (κ3) is 8.64. The van der Waals surface area contributed by atoms with Gasteiger partial charge in [0.05, 0.1) is 18.8 Å². The average Bonchev–Trinajstić information content (AvgIpc) is 2.09. The quantitative estimate of drug-likeness (QED) is 0.550. The number of hydrogen-bond donors (Lipinski definition) is 3. The minimum atomic E-state index is -0.574. The van der Waals surface area contributed by atoms with E-state index < -0.39 is 11.6 Å². The molecule has 0 aliphatic heterocycles. The van der Waals surface area contributed by atoms with Crippen LogP contribution in [0.2, 0.25) is 0 Å². The first-order chi connectivity index (χ1) is 7.23. The third-order valence-electron chi connectivity index (χ3n) is 2.05. The van der Waals surface area contributed by atoms with Crippen molar-refractivity contribution in [2.45, 2.75) is 51.9 Å². The number of rotatable bonds is 8. The van der Waals surface area contributed by atoms with Gasteiger partial charge in [0, 0.05) is 18.5 Å². The van der Waals surface area contributed by atoms with E-state index in [0.29, 0.717) is 6.54 Å². The zero-order valence-electron chi connectivity index (χ0n) is 10.6. The third-order valence-corrected chi connectivity index (χ3v) is 2.05. The summed E-state index contributed by atoms with van der Waals surface area (Å²) < 4.78 is 5.27. The van der Waals surface area contributed by atoms with Crippen molar-refractivity contribution in [3.8, 4) is 0 Å². The van der Waals surface area contributed by atoms with E-state index in [1.807, 2.05) is 27.7 Å². The van der Waals surface area contributed by atoms with E-state index in [1.165, 1.54) is 0 Å². The predicted molar refractivity (Wildman–Crippen MR) is 63.0 cm³/mol. The zero-order valence-corrected chi connectivity index (χ0v) is 10.6. The van der Waals surface area contributed by atoms with Crippen molar-refractivity contribution in [2.75, 3.05) is 13.2 Å². The minimum absolute atomic E-state index is 0.105. The molecule has 5 heteroatoms. The summed E-state index contributed by atoms with van der Waals surface area (Å²) in [5.74, 6) is -0.356. The van der Waals surface area contributed by atoms with Gasteiger partial charge in [0.2, 0.25) is 5.91 Å². The molecule has 5 nitrogen and oxygen atoms in total. The number of β-amino-alcohol motifs (C(OH)–C–C–N with tert-alkyl or cyclic N) is 1. The number of nitrogens with two attached hydrogens (primary N) is 1. The van der Waals surface area contributed by atoms with E-state index in [0.717, 1.165) is 0 Å². The summed E-state index contributed by atoms with van der Waals surface area (Å²) in [4.78, 5) is 10.8. The molecule has 96 valence electrons. The van der Waals surface area contributed by atoms with Gasteiger partial charge in [-0.1, -0.05) is 0 Å². The highest BCUT2D eigenvalue weighted by molar-refractivity contribution is 5.74. The molecule has 1 unspecified atom stereocenters. The number of ether oxygens (including phenoxy) is 1. The summed E-state index contributed by atoms with van der Waals surface area (Å²) in [6, 6.07) is 0. The van der Waals surface area contributed by atoms with E-state index in [9.17, 15) is 9.90 Å². The molecule has 0 aromatic rings. The van der Waals surface area contributed by atoms with E-state index >= 15 is 0 Å². The Balaban J connectivity index is 3.81. The smallest absolute Gasteiger partial charge is 0.219 e. The Kier molecular flexibility index (Phi) is 6.55. The van der Waals surface area contributed by atoms with Crippen LogP contribution >= 0.6 is 0 Å². The molecule has 4 N–H and O–H groups in total. The summed E-state index contributed by atoms with van der Waals surface area (Å²) in [6.45, 7) is 8.24. The van der Waals surface area contributed by atoms with Crippen LogP contribution in [0.4, 0.5) is 0 Å². The lowest BCUT2D eigenvalue weighted by atomic mass is 10.0. The van der Waals surface area contributed by atoms with Crippen molar-refractivity contribution in [2.24, 2.45) is 5.73 Å². The number of carbonyl (C=O) groups is 1. The van der Waals surface area contributed by atoms with Crippen LogP contribution in [-0.2, 0) is 9.53 Å². The fourth-order valence-electron chi connectivity index (χ4n) is 1.25.